The Balaban J connectivity index is 2.81. The van der Waals surface area contributed by atoms with Crippen molar-refractivity contribution in [1.82, 2.24) is 9.71 Å². The van der Waals surface area contributed by atoms with Crippen molar-refractivity contribution in [1.29, 1.82) is 0 Å². The van der Waals surface area contributed by atoms with Gasteiger partial charge >= 0.3 is 5.82 Å². The van der Waals surface area contributed by atoms with Gasteiger partial charge in [0.2, 0.25) is 10.0 Å². The maximum absolute atomic E-state index is 11.7. The van der Waals surface area contributed by atoms with E-state index in [9.17, 15) is 18.5 Å². The molecule has 1 N–H and O–H groups in total. The minimum absolute atomic E-state index is 0.0855. The molecule has 0 aromatic carbocycles. The second-order valence-corrected chi connectivity index (χ2v) is 5.61. The second-order valence-electron chi connectivity index (χ2n) is 3.05. The lowest BCUT2D eigenvalue weighted by Gasteiger charge is -2.03. The van der Waals surface area contributed by atoms with E-state index >= 15 is 0 Å². The van der Waals surface area contributed by atoms with Crippen LogP contribution in [0.1, 0.15) is 6.42 Å². The lowest BCUT2D eigenvalue weighted by Crippen LogP contribution is -2.25. The Morgan fingerprint density at radius 3 is 2.65 bits per heavy atom. The summed E-state index contributed by atoms with van der Waals surface area (Å²) in [7, 11) is -3.63. The van der Waals surface area contributed by atoms with Crippen LogP contribution < -0.4 is 4.72 Å². The van der Waals surface area contributed by atoms with Crippen molar-refractivity contribution < 1.29 is 13.3 Å². The first kappa shape index (κ1) is 14.0. The Kier molecular flexibility index (Phi) is 4.97. The fourth-order valence-electron chi connectivity index (χ4n) is 0.996. The number of nitro groups is 1. The first-order valence-electron chi connectivity index (χ1n) is 4.63. The monoisotopic (exact) mass is 323 g/mol. The molecule has 1 rings (SSSR count). The van der Waals surface area contributed by atoms with Gasteiger partial charge in [0.1, 0.15) is 4.90 Å². The van der Waals surface area contributed by atoms with Gasteiger partial charge in [0.05, 0.1) is 0 Å². The Morgan fingerprint density at radius 1 is 1.47 bits per heavy atom. The van der Waals surface area contributed by atoms with Gasteiger partial charge in [-0.05, 0) is 22.4 Å². The minimum Gasteiger partial charge on any atom is -0.358 e. The highest BCUT2D eigenvalue weighted by Crippen LogP contribution is 2.11. The third kappa shape index (κ3) is 4.02. The topological polar surface area (TPSA) is 102 Å². The Morgan fingerprint density at radius 2 is 2.18 bits per heavy atom. The van der Waals surface area contributed by atoms with E-state index < -0.39 is 14.9 Å². The predicted octanol–water partition coefficient (Wildman–Crippen LogP) is 1.05. The summed E-state index contributed by atoms with van der Waals surface area (Å²) in [6.45, 7) is 0.296. The van der Waals surface area contributed by atoms with Crippen molar-refractivity contribution >= 4 is 31.8 Å². The molecule has 7 nitrogen and oxygen atoms in total. The summed E-state index contributed by atoms with van der Waals surface area (Å²) >= 11 is 3.18. The molecule has 0 bridgehead atoms. The van der Waals surface area contributed by atoms with E-state index in [0.29, 0.717) is 18.3 Å². The molecule has 1 heterocycles. The van der Waals surface area contributed by atoms with E-state index in [1.54, 1.807) is 0 Å². The van der Waals surface area contributed by atoms with Crippen LogP contribution in [-0.4, -0.2) is 30.2 Å². The summed E-state index contributed by atoms with van der Waals surface area (Å²) in [5.41, 5.74) is 0. The average Bonchev–Trinajstić information content (AvgIpc) is 2.29. The lowest BCUT2D eigenvalue weighted by molar-refractivity contribution is -0.389. The fraction of sp³-hybridized carbons (Fsp3) is 0.375. The molecule has 1 aromatic heterocycles. The summed E-state index contributed by atoms with van der Waals surface area (Å²) in [6, 6.07) is 2.21. The van der Waals surface area contributed by atoms with Crippen LogP contribution in [0.15, 0.2) is 23.2 Å². The largest absolute Gasteiger partial charge is 0.363 e. The van der Waals surface area contributed by atoms with Gasteiger partial charge in [-0.2, -0.15) is 0 Å². The Labute approximate surface area is 107 Å². The van der Waals surface area contributed by atoms with Crippen LogP contribution in [0.5, 0.6) is 0 Å². The molecule has 94 valence electrons. The SMILES string of the molecule is O=[N+]([O-])c1ccc(S(=O)(=O)NCCCBr)cn1. The van der Waals surface area contributed by atoms with E-state index in [0.717, 1.165) is 18.3 Å². The zero-order chi connectivity index (χ0) is 12.9. The van der Waals surface area contributed by atoms with Gasteiger partial charge < -0.3 is 10.1 Å². The molecule has 0 saturated heterocycles. The molecule has 0 fully saturated rings. The van der Waals surface area contributed by atoms with Gasteiger partial charge in [0.25, 0.3) is 0 Å². The minimum atomic E-state index is -3.63. The lowest BCUT2D eigenvalue weighted by atomic mass is 10.5. The van der Waals surface area contributed by atoms with E-state index in [-0.39, 0.29) is 10.7 Å². The second kappa shape index (κ2) is 6.03. The van der Waals surface area contributed by atoms with Gasteiger partial charge in [0.15, 0.2) is 6.20 Å². The van der Waals surface area contributed by atoms with Gasteiger partial charge in [-0.15, -0.1) is 0 Å². The van der Waals surface area contributed by atoms with Crippen LogP contribution in [0, 0.1) is 10.1 Å². The maximum Gasteiger partial charge on any atom is 0.363 e. The number of hydrogen-bond acceptors (Lipinski definition) is 5. The smallest absolute Gasteiger partial charge is 0.358 e. The molecule has 0 aliphatic heterocycles. The van der Waals surface area contributed by atoms with Crippen LogP contribution in [0.2, 0.25) is 0 Å². The molecule has 1 aromatic rings. The highest BCUT2D eigenvalue weighted by Gasteiger charge is 2.17. The molecule has 0 unspecified atom stereocenters. The molecule has 0 atom stereocenters. The van der Waals surface area contributed by atoms with Crippen molar-refractivity contribution in [2.75, 3.05) is 11.9 Å². The molecular formula is C8H10BrN3O4S. The number of hydrogen-bond donors (Lipinski definition) is 1. The number of halogens is 1. The molecule has 17 heavy (non-hydrogen) atoms. The van der Waals surface area contributed by atoms with Crippen molar-refractivity contribution in [2.45, 2.75) is 11.3 Å². The van der Waals surface area contributed by atoms with Gasteiger partial charge in [0, 0.05) is 17.9 Å². The summed E-state index contributed by atoms with van der Waals surface area (Å²) in [6.07, 6.45) is 1.62. The van der Waals surface area contributed by atoms with E-state index in [4.69, 9.17) is 0 Å². The molecule has 0 spiro atoms. The molecular weight excluding hydrogens is 314 g/mol. The molecule has 0 radical (unpaired) electrons. The van der Waals surface area contributed by atoms with Crippen molar-refractivity contribution in [3.63, 3.8) is 0 Å². The quantitative estimate of drug-likeness (QED) is 0.365. The highest BCUT2D eigenvalue weighted by atomic mass is 79.9. The van der Waals surface area contributed by atoms with Crippen LogP contribution in [0.3, 0.4) is 0 Å². The third-order valence-corrected chi connectivity index (χ3v) is 3.83. The predicted molar refractivity (Wildman–Crippen MR) is 64.5 cm³/mol. The molecule has 0 amide bonds. The standard InChI is InChI=1S/C8H10BrN3O4S/c9-4-1-5-11-17(15,16)7-2-3-8(10-6-7)12(13)14/h2-3,6,11H,1,4-5H2. The number of alkyl halides is 1. The van der Waals surface area contributed by atoms with E-state index in [1.165, 1.54) is 0 Å². The Hall–Kier alpha value is -1.06. The molecule has 0 saturated carbocycles. The van der Waals surface area contributed by atoms with Crippen LogP contribution in [-0.2, 0) is 10.0 Å². The van der Waals surface area contributed by atoms with Crippen LogP contribution in [0.4, 0.5) is 5.82 Å². The zero-order valence-corrected chi connectivity index (χ0v) is 11.1. The number of sulfonamides is 1. The van der Waals surface area contributed by atoms with Gasteiger partial charge in [-0.1, -0.05) is 15.9 Å². The van der Waals surface area contributed by atoms with Crippen molar-refractivity contribution in [3.8, 4) is 0 Å². The Bertz CT molecular complexity index is 488. The maximum atomic E-state index is 11.7. The molecule has 0 aliphatic carbocycles. The van der Waals surface area contributed by atoms with Gasteiger partial charge in [-0.25, -0.2) is 13.1 Å². The van der Waals surface area contributed by atoms with Crippen molar-refractivity contribution in [3.05, 3.63) is 28.4 Å². The summed E-state index contributed by atoms with van der Waals surface area (Å²) < 4.78 is 25.7. The number of rotatable bonds is 6. The number of pyridine rings is 1. The fourth-order valence-corrected chi connectivity index (χ4v) is 2.29. The average molecular weight is 324 g/mol. The number of nitrogens with zero attached hydrogens (tertiary/aromatic N) is 2. The third-order valence-electron chi connectivity index (χ3n) is 1.82. The highest BCUT2D eigenvalue weighted by molar-refractivity contribution is 9.09. The van der Waals surface area contributed by atoms with Gasteiger partial charge in [-0.3, -0.25) is 0 Å². The summed E-state index contributed by atoms with van der Waals surface area (Å²) in [4.78, 5) is 13.0. The normalized spacial score (nSPS) is 11.4. The first-order chi connectivity index (χ1) is 7.97. The zero-order valence-electron chi connectivity index (χ0n) is 8.67. The summed E-state index contributed by atoms with van der Waals surface area (Å²) in [5, 5.41) is 11.0. The van der Waals surface area contributed by atoms with Crippen LogP contribution >= 0.6 is 15.9 Å². The summed E-state index contributed by atoms with van der Waals surface area (Å²) in [5.74, 6) is -0.385. The molecule has 0 aliphatic rings. The molecule has 9 heteroatoms. The first-order valence-corrected chi connectivity index (χ1v) is 7.24. The van der Waals surface area contributed by atoms with Crippen molar-refractivity contribution in [2.24, 2.45) is 0 Å². The van der Waals surface area contributed by atoms with Crippen LogP contribution in [0.25, 0.3) is 0 Å². The number of aromatic nitrogens is 1. The number of nitrogens with one attached hydrogen (secondary N) is 1. The van der Waals surface area contributed by atoms with E-state index in [2.05, 4.69) is 25.6 Å². The van der Waals surface area contributed by atoms with E-state index in [1.807, 2.05) is 0 Å².